The zero-order chi connectivity index (χ0) is 9.94. The van der Waals surface area contributed by atoms with E-state index in [1.54, 1.807) is 0 Å². The highest BCUT2D eigenvalue weighted by Gasteiger charge is 1.93. The molecule has 0 amide bonds. The van der Waals surface area contributed by atoms with Crippen LogP contribution in [0.1, 0.15) is 44.9 Å². The van der Waals surface area contributed by atoms with Crippen LogP contribution >= 0.6 is 0 Å². The Balaban J connectivity index is 2.99. The first-order chi connectivity index (χ1) is 6.31. The van der Waals surface area contributed by atoms with Gasteiger partial charge in [-0.05, 0) is 24.8 Å². The molecule has 0 aromatic carbocycles. The first-order valence-electron chi connectivity index (χ1n) is 5.05. The molecule has 0 fully saturated rings. The predicted molar refractivity (Wildman–Crippen MR) is 54.6 cm³/mol. The average molecular weight is 184 g/mol. The highest BCUT2D eigenvalue weighted by Crippen LogP contribution is 2.09. The van der Waals surface area contributed by atoms with E-state index >= 15 is 0 Å². The molecule has 0 aromatic heterocycles. The monoisotopic (exact) mass is 184 g/mol. The van der Waals surface area contributed by atoms with E-state index in [4.69, 9.17) is 5.11 Å². The lowest BCUT2D eigenvalue weighted by atomic mass is 10.1. The van der Waals surface area contributed by atoms with E-state index in [2.05, 4.69) is 6.58 Å². The fraction of sp³-hybridized carbons (Fsp3) is 0.727. The SMILES string of the molecule is C=C(C=O)CCCCCCCCO. The summed E-state index contributed by atoms with van der Waals surface area (Å²) in [6.07, 6.45) is 8.33. The first kappa shape index (κ1) is 12.4. The first-order valence-corrected chi connectivity index (χ1v) is 5.05. The predicted octanol–water partition coefficient (Wildman–Crippen LogP) is 2.46. The van der Waals surface area contributed by atoms with Crippen molar-refractivity contribution in [2.24, 2.45) is 0 Å². The van der Waals surface area contributed by atoms with Crippen molar-refractivity contribution in [2.45, 2.75) is 44.9 Å². The van der Waals surface area contributed by atoms with Crippen molar-refractivity contribution in [3.8, 4) is 0 Å². The van der Waals surface area contributed by atoms with Crippen LogP contribution in [0.5, 0.6) is 0 Å². The molecule has 76 valence electrons. The number of aliphatic hydroxyl groups is 1. The van der Waals surface area contributed by atoms with Crippen LogP contribution in [0.2, 0.25) is 0 Å². The van der Waals surface area contributed by atoms with E-state index < -0.39 is 0 Å². The van der Waals surface area contributed by atoms with Gasteiger partial charge in [-0.3, -0.25) is 4.79 Å². The summed E-state index contributed by atoms with van der Waals surface area (Å²) in [5.74, 6) is 0. The van der Waals surface area contributed by atoms with Crippen molar-refractivity contribution >= 4 is 6.29 Å². The molecule has 1 N–H and O–H groups in total. The standard InChI is InChI=1S/C11H20O2/c1-11(10-13)8-6-4-2-3-5-7-9-12/h10,12H,1-9H2. The van der Waals surface area contributed by atoms with Crippen molar-refractivity contribution in [1.29, 1.82) is 0 Å². The number of aldehydes is 1. The summed E-state index contributed by atoms with van der Waals surface area (Å²) in [6.45, 7) is 3.93. The number of aliphatic hydroxyl groups excluding tert-OH is 1. The highest BCUT2D eigenvalue weighted by molar-refractivity contribution is 5.71. The molecule has 0 atom stereocenters. The Morgan fingerprint density at radius 1 is 1.08 bits per heavy atom. The number of hydrogen-bond donors (Lipinski definition) is 1. The van der Waals surface area contributed by atoms with Gasteiger partial charge in [0.25, 0.3) is 0 Å². The molecular formula is C11H20O2. The summed E-state index contributed by atoms with van der Waals surface area (Å²) in [5.41, 5.74) is 0.704. The van der Waals surface area contributed by atoms with Gasteiger partial charge in [-0.15, -0.1) is 0 Å². The zero-order valence-corrected chi connectivity index (χ0v) is 8.30. The number of hydrogen-bond acceptors (Lipinski definition) is 2. The summed E-state index contributed by atoms with van der Waals surface area (Å²) in [6, 6.07) is 0. The second-order valence-corrected chi connectivity index (χ2v) is 3.37. The molecule has 0 bridgehead atoms. The molecule has 0 spiro atoms. The van der Waals surface area contributed by atoms with E-state index in [0.29, 0.717) is 12.2 Å². The number of rotatable bonds is 9. The normalized spacial score (nSPS) is 9.92. The third-order valence-corrected chi connectivity index (χ3v) is 2.07. The maximum absolute atomic E-state index is 10.2. The molecule has 0 rings (SSSR count). The Hall–Kier alpha value is -0.630. The van der Waals surface area contributed by atoms with Gasteiger partial charge in [0, 0.05) is 6.61 Å². The maximum Gasteiger partial charge on any atom is 0.145 e. The van der Waals surface area contributed by atoms with Crippen LogP contribution in [0, 0.1) is 0 Å². The fourth-order valence-corrected chi connectivity index (χ4v) is 1.23. The largest absolute Gasteiger partial charge is 0.396 e. The fourth-order valence-electron chi connectivity index (χ4n) is 1.23. The number of carbonyl (C=O) groups is 1. The van der Waals surface area contributed by atoms with Crippen molar-refractivity contribution < 1.29 is 9.90 Å². The van der Waals surface area contributed by atoms with Gasteiger partial charge < -0.3 is 5.11 Å². The molecular weight excluding hydrogens is 164 g/mol. The number of carbonyl (C=O) groups excluding carboxylic acids is 1. The number of unbranched alkanes of at least 4 members (excludes halogenated alkanes) is 5. The van der Waals surface area contributed by atoms with Crippen LogP contribution in [-0.4, -0.2) is 18.0 Å². The van der Waals surface area contributed by atoms with Crippen LogP contribution in [0.3, 0.4) is 0 Å². The van der Waals surface area contributed by atoms with Crippen molar-refractivity contribution in [3.63, 3.8) is 0 Å². The molecule has 0 saturated heterocycles. The smallest absolute Gasteiger partial charge is 0.145 e. The molecule has 2 nitrogen and oxygen atoms in total. The van der Waals surface area contributed by atoms with Crippen LogP contribution in [0.25, 0.3) is 0 Å². The lowest BCUT2D eigenvalue weighted by molar-refractivity contribution is -0.105. The molecule has 0 saturated carbocycles. The van der Waals surface area contributed by atoms with Crippen molar-refractivity contribution in [2.75, 3.05) is 6.61 Å². The Kier molecular flexibility index (Phi) is 9.00. The zero-order valence-electron chi connectivity index (χ0n) is 8.30. The molecule has 0 heterocycles. The van der Waals surface area contributed by atoms with Gasteiger partial charge in [0.1, 0.15) is 6.29 Å². The topological polar surface area (TPSA) is 37.3 Å². The van der Waals surface area contributed by atoms with Gasteiger partial charge >= 0.3 is 0 Å². The second-order valence-electron chi connectivity index (χ2n) is 3.37. The molecule has 0 aliphatic heterocycles. The van der Waals surface area contributed by atoms with Gasteiger partial charge in [0.2, 0.25) is 0 Å². The summed E-state index contributed by atoms with van der Waals surface area (Å²) in [4.78, 5) is 10.2. The summed E-state index contributed by atoms with van der Waals surface area (Å²) in [5, 5.41) is 8.52. The minimum atomic E-state index is 0.307. The van der Waals surface area contributed by atoms with Crippen molar-refractivity contribution in [3.05, 3.63) is 12.2 Å². The van der Waals surface area contributed by atoms with E-state index in [1.807, 2.05) is 0 Å². The van der Waals surface area contributed by atoms with E-state index in [-0.39, 0.29) is 0 Å². The van der Waals surface area contributed by atoms with Gasteiger partial charge in [0.05, 0.1) is 0 Å². The molecule has 13 heavy (non-hydrogen) atoms. The lowest BCUT2D eigenvalue weighted by Gasteiger charge is -1.99. The summed E-state index contributed by atoms with van der Waals surface area (Å²) < 4.78 is 0. The van der Waals surface area contributed by atoms with Crippen LogP contribution < -0.4 is 0 Å². The van der Waals surface area contributed by atoms with Crippen LogP contribution in [0.4, 0.5) is 0 Å². The van der Waals surface area contributed by atoms with Crippen molar-refractivity contribution in [1.82, 2.24) is 0 Å². The minimum absolute atomic E-state index is 0.307. The van der Waals surface area contributed by atoms with Gasteiger partial charge in [-0.1, -0.05) is 32.3 Å². The molecule has 0 aromatic rings. The van der Waals surface area contributed by atoms with Crippen LogP contribution in [0.15, 0.2) is 12.2 Å². The van der Waals surface area contributed by atoms with Gasteiger partial charge in [-0.25, -0.2) is 0 Å². The molecule has 0 unspecified atom stereocenters. The van der Waals surface area contributed by atoms with E-state index in [9.17, 15) is 4.79 Å². The lowest BCUT2D eigenvalue weighted by Crippen LogP contribution is -1.86. The minimum Gasteiger partial charge on any atom is -0.396 e. The highest BCUT2D eigenvalue weighted by atomic mass is 16.2. The molecule has 0 radical (unpaired) electrons. The van der Waals surface area contributed by atoms with Gasteiger partial charge in [-0.2, -0.15) is 0 Å². The third kappa shape index (κ3) is 9.28. The third-order valence-electron chi connectivity index (χ3n) is 2.07. The Morgan fingerprint density at radius 2 is 1.62 bits per heavy atom. The Bertz CT molecular complexity index is 141. The Morgan fingerprint density at radius 3 is 2.15 bits per heavy atom. The Labute approximate surface area is 80.7 Å². The quantitative estimate of drug-likeness (QED) is 0.339. The van der Waals surface area contributed by atoms with E-state index in [0.717, 1.165) is 38.4 Å². The van der Waals surface area contributed by atoms with Crippen LogP contribution in [-0.2, 0) is 4.79 Å². The molecule has 0 aliphatic rings. The molecule has 2 heteroatoms. The van der Waals surface area contributed by atoms with Gasteiger partial charge in [0.15, 0.2) is 0 Å². The number of allylic oxidation sites excluding steroid dienone is 1. The van der Waals surface area contributed by atoms with E-state index in [1.165, 1.54) is 12.8 Å². The second kappa shape index (κ2) is 9.46. The summed E-state index contributed by atoms with van der Waals surface area (Å²) >= 11 is 0. The average Bonchev–Trinajstić information content (AvgIpc) is 2.16. The summed E-state index contributed by atoms with van der Waals surface area (Å²) in [7, 11) is 0. The maximum atomic E-state index is 10.2. The molecule has 0 aliphatic carbocycles.